The van der Waals surface area contributed by atoms with Gasteiger partial charge in [-0.3, -0.25) is 0 Å². The average molecular weight is 241 g/mol. The summed E-state index contributed by atoms with van der Waals surface area (Å²) in [4.78, 5) is 13.2. The Morgan fingerprint density at radius 2 is 1.69 bits per heavy atom. The van der Waals surface area contributed by atoms with Gasteiger partial charge in [0, 0.05) is 6.07 Å². The van der Waals surface area contributed by atoms with Crippen molar-refractivity contribution in [3.05, 3.63) is 39.4 Å². The summed E-state index contributed by atoms with van der Waals surface area (Å²) in [6.45, 7) is 0. The molecule has 0 heterocycles. The number of nitrogens with two attached hydrogens (primary N) is 1. The molecule has 0 unspecified atom stereocenters. The van der Waals surface area contributed by atoms with Crippen LogP contribution in [0.1, 0.15) is 0 Å². The maximum Gasteiger partial charge on any atom is 0.318 e. The van der Waals surface area contributed by atoms with Gasteiger partial charge in [0.2, 0.25) is 0 Å². The molecule has 0 saturated heterocycles. The molecule has 88 valence electrons. The monoisotopic (exact) mass is 241 g/mol. The van der Waals surface area contributed by atoms with Gasteiger partial charge < -0.3 is 0 Å². The van der Waals surface area contributed by atoms with Crippen molar-refractivity contribution < 1.29 is 27.6 Å². The van der Waals surface area contributed by atoms with Gasteiger partial charge in [0.25, 0.3) is 0 Å². The molecule has 0 aliphatic carbocycles. The topological polar surface area (TPSA) is 81.6 Å². The number of nitrogens with zero attached hydrogens (tertiary/aromatic N) is 2. The molecule has 0 aliphatic rings. The van der Waals surface area contributed by atoms with Crippen LogP contribution in [0.3, 0.4) is 0 Å². The predicted octanol–water partition coefficient (Wildman–Crippen LogP) is 1.05. The Labute approximate surface area is 84.8 Å². The second kappa shape index (κ2) is 4.18. The van der Waals surface area contributed by atoms with E-state index in [1.165, 1.54) is 0 Å². The van der Waals surface area contributed by atoms with Crippen LogP contribution in [-0.4, -0.2) is 5.09 Å². The fraction of sp³-hybridized carbons (Fsp3) is 0. The molecule has 0 radical (unpaired) electrons. The predicted molar refractivity (Wildman–Crippen MR) is 41.0 cm³/mol. The van der Waals surface area contributed by atoms with Crippen molar-refractivity contribution in [2.75, 3.05) is 5.17 Å². The summed E-state index contributed by atoms with van der Waals surface area (Å²) >= 11 is 0. The van der Waals surface area contributed by atoms with Gasteiger partial charge in [0.05, 0.1) is 0 Å². The van der Waals surface area contributed by atoms with E-state index in [0.717, 1.165) is 0 Å². The highest BCUT2D eigenvalue weighted by atomic mass is 19.2. The first-order valence-corrected chi connectivity index (χ1v) is 3.55. The fourth-order valence-electron chi connectivity index (χ4n) is 0.867. The maximum absolute atomic E-state index is 12.9. The molecular formula is C6H3F4N3O3. The first-order valence-electron chi connectivity index (χ1n) is 3.55. The average Bonchev–Trinajstić information content (AvgIpc) is 2.14. The third kappa shape index (κ3) is 2.11. The fourth-order valence-corrected chi connectivity index (χ4v) is 0.867. The molecule has 0 atom stereocenters. The van der Waals surface area contributed by atoms with E-state index in [0.29, 0.717) is 0 Å². The summed E-state index contributed by atoms with van der Waals surface area (Å²) in [5.74, 6) is -2.67. The molecule has 0 aliphatic heterocycles. The van der Waals surface area contributed by atoms with Gasteiger partial charge in [0.1, 0.15) is 0 Å². The zero-order valence-corrected chi connectivity index (χ0v) is 7.29. The molecule has 10 heteroatoms. The zero-order chi connectivity index (χ0) is 12.5. The van der Waals surface area contributed by atoms with Gasteiger partial charge in [-0.15, -0.1) is 15.3 Å². The van der Waals surface area contributed by atoms with Crippen LogP contribution in [0.2, 0.25) is 0 Å². The first-order chi connectivity index (χ1) is 7.34. The molecule has 0 amide bonds. The third-order valence-electron chi connectivity index (χ3n) is 1.46. The second-order valence-electron chi connectivity index (χ2n) is 2.45. The Hall–Kier alpha value is -2.10. The molecular weight excluding hydrogens is 238 g/mol. The highest BCUT2D eigenvalue weighted by Crippen LogP contribution is 2.26. The third-order valence-corrected chi connectivity index (χ3v) is 1.46. The highest BCUT2D eigenvalue weighted by Gasteiger charge is 2.24. The molecule has 1 aromatic carbocycles. The molecule has 0 bridgehead atoms. The molecule has 0 aromatic heterocycles. The summed E-state index contributed by atoms with van der Waals surface area (Å²) in [5, 5.41) is 7.76. The van der Waals surface area contributed by atoms with Crippen LogP contribution in [0.15, 0.2) is 6.07 Å². The van der Waals surface area contributed by atoms with E-state index in [4.69, 9.17) is 5.84 Å². The van der Waals surface area contributed by atoms with Gasteiger partial charge in [-0.1, -0.05) is 0 Å². The minimum atomic E-state index is -1.91. The minimum Gasteiger partial charge on any atom is -0.222 e. The summed E-state index contributed by atoms with van der Waals surface area (Å²) in [7, 11) is 0. The molecule has 0 fully saturated rings. The Balaban J connectivity index is 3.26. The van der Waals surface area contributed by atoms with Crippen molar-refractivity contribution in [1.29, 1.82) is 0 Å². The lowest BCUT2D eigenvalue weighted by Crippen LogP contribution is -2.35. The number of rotatable bonds is 3. The molecule has 6 nitrogen and oxygen atoms in total. The number of hydrazine groups is 1. The molecule has 2 N–H and O–H groups in total. The van der Waals surface area contributed by atoms with E-state index < -0.39 is 39.2 Å². The van der Waals surface area contributed by atoms with Crippen molar-refractivity contribution >= 4 is 5.69 Å². The van der Waals surface area contributed by atoms with Crippen molar-refractivity contribution in [3.63, 3.8) is 0 Å². The van der Waals surface area contributed by atoms with E-state index in [1.54, 1.807) is 0 Å². The van der Waals surface area contributed by atoms with Gasteiger partial charge in [-0.2, -0.15) is 4.94 Å². The van der Waals surface area contributed by atoms with Crippen molar-refractivity contribution in [2.45, 2.75) is 0 Å². The van der Waals surface area contributed by atoms with Crippen molar-refractivity contribution in [1.82, 2.24) is 0 Å². The lowest BCUT2D eigenvalue weighted by Gasteiger charge is -2.15. The van der Waals surface area contributed by atoms with Crippen molar-refractivity contribution in [2.24, 2.45) is 5.84 Å². The number of hydrogen-bond donors (Lipinski definition) is 1. The van der Waals surface area contributed by atoms with Crippen molar-refractivity contribution in [3.8, 4) is 0 Å². The Morgan fingerprint density at radius 3 is 2.06 bits per heavy atom. The summed E-state index contributed by atoms with van der Waals surface area (Å²) < 4.78 is 51.1. The highest BCUT2D eigenvalue weighted by molar-refractivity contribution is 5.46. The SMILES string of the molecule is NN(O[N+](=O)[O-])c1c(F)c(F)cc(F)c1F. The van der Waals surface area contributed by atoms with E-state index in [-0.39, 0.29) is 6.07 Å². The summed E-state index contributed by atoms with van der Waals surface area (Å²) in [6.07, 6.45) is 0. The number of anilines is 1. The molecule has 16 heavy (non-hydrogen) atoms. The lowest BCUT2D eigenvalue weighted by atomic mass is 10.2. The largest absolute Gasteiger partial charge is 0.318 e. The molecule has 0 spiro atoms. The van der Waals surface area contributed by atoms with Crippen LogP contribution < -0.4 is 11.0 Å². The Kier molecular flexibility index (Phi) is 3.13. The smallest absolute Gasteiger partial charge is 0.222 e. The molecule has 0 saturated carbocycles. The summed E-state index contributed by atoms with van der Waals surface area (Å²) in [5.41, 5.74) is -1.55. The summed E-state index contributed by atoms with van der Waals surface area (Å²) in [6, 6.07) is -0.0752. The van der Waals surface area contributed by atoms with Gasteiger partial charge in [-0.25, -0.2) is 23.4 Å². The number of hydrogen-bond acceptors (Lipinski definition) is 5. The van der Waals surface area contributed by atoms with E-state index >= 15 is 0 Å². The first kappa shape index (κ1) is 12.0. The zero-order valence-electron chi connectivity index (χ0n) is 7.29. The van der Waals surface area contributed by atoms with Gasteiger partial charge in [0.15, 0.2) is 29.0 Å². The van der Waals surface area contributed by atoms with Gasteiger partial charge in [-0.05, 0) is 0 Å². The lowest BCUT2D eigenvalue weighted by molar-refractivity contribution is -0.762. The standard InChI is InChI=1S/C6H3F4N3O3/c7-2-1-3(8)5(10)6(4(2)9)12(11)16-13(14)15/h1H,11H2. The molecule has 1 rings (SSSR count). The number of benzene rings is 1. The normalized spacial score (nSPS) is 10.1. The van der Waals surface area contributed by atoms with E-state index in [9.17, 15) is 27.7 Å². The second-order valence-corrected chi connectivity index (χ2v) is 2.45. The Morgan fingerprint density at radius 1 is 1.25 bits per heavy atom. The Bertz CT molecular complexity index is 415. The van der Waals surface area contributed by atoms with E-state index in [1.807, 2.05) is 0 Å². The maximum atomic E-state index is 12.9. The van der Waals surface area contributed by atoms with Crippen LogP contribution in [0.4, 0.5) is 23.2 Å². The molecule has 1 aromatic rings. The minimum absolute atomic E-state index is 0.0752. The van der Waals surface area contributed by atoms with Crippen LogP contribution >= 0.6 is 0 Å². The quantitative estimate of drug-likeness (QED) is 0.281. The van der Waals surface area contributed by atoms with Crippen LogP contribution in [0, 0.1) is 33.4 Å². The number of halogens is 4. The van der Waals surface area contributed by atoms with Crippen LogP contribution in [0.25, 0.3) is 0 Å². The van der Waals surface area contributed by atoms with Crippen LogP contribution in [0.5, 0.6) is 0 Å². The van der Waals surface area contributed by atoms with Gasteiger partial charge >= 0.3 is 5.09 Å². The van der Waals surface area contributed by atoms with Crippen LogP contribution in [-0.2, 0) is 4.94 Å². The van der Waals surface area contributed by atoms with E-state index in [2.05, 4.69) is 4.94 Å².